The molecule has 0 saturated carbocycles. The number of aliphatic hydroxyl groups excluding tert-OH is 1. The Morgan fingerprint density at radius 1 is 1.29 bits per heavy atom. The van der Waals surface area contributed by atoms with Gasteiger partial charge in [0.15, 0.2) is 0 Å². The molecule has 21 heavy (non-hydrogen) atoms. The average molecular weight is 309 g/mol. The molecule has 0 aromatic heterocycles. The molecule has 5 nitrogen and oxygen atoms in total. The first-order chi connectivity index (χ1) is 9.66. The van der Waals surface area contributed by atoms with E-state index in [9.17, 15) is 27.2 Å². The molecular formula is C12H11F4NO4. The number of carbonyl (C=O) groups is 2. The molecule has 0 aliphatic carbocycles. The molecule has 0 heterocycles. The summed E-state index contributed by atoms with van der Waals surface area (Å²) in [6.45, 7) is -0.533. The zero-order chi connectivity index (χ0) is 16.2. The SMILES string of the molecule is O=C(N[C@H](CCO)C(=O)O)c1ccc(F)c(C(F)(F)F)c1. The number of carboxylic acid groups (broad SMARTS) is 1. The van der Waals surface area contributed by atoms with Gasteiger partial charge in [0.2, 0.25) is 0 Å². The predicted octanol–water partition coefficient (Wildman–Crippen LogP) is 1.41. The predicted molar refractivity (Wildman–Crippen MR) is 62.0 cm³/mol. The summed E-state index contributed by atoms with van der Waals surface area (Å²) in [4.78, 5) is 22.4. The molecule has 116 valence electrons. The second-order valence-electron chi connectivity index (χ2n) is 4.07. The molecule has 0 fully saturated rings. The van der Waals surface area contributed by atoms with Crippen LogP contribution in [0.4, 0.5) is 17.6 Å². The Morgan fingerprint density at radius 3 is 2.38 bits per heavy atom. The standard InChI is InChI=1S/C12H11F4NO4/c13-8-2-1-6(5-7(8)12(14,15)16)10(19)17-9(3-4-18)11(20)21/h1-2,5,9,18H,3-4H2,(H,17,19)(H,20,21)/t9-/m1/s1. The van der Waals surface area contributed by atoms with E-state index in [2.05, 4.69) is 0 Å². The number of halogens is 4. The molecule has 0 unspecified atom stereocenters. The third-order valence-corrected chi connectivity index (χ3v) is 2.56. The highest BCUT2D eigenvalue weighted by Gasteiger charge is 2.35. The van der Waals surface area contributed by atoms with Crippen molar-refractivity contribution in [3.05, 3.63) is 35.1 Å². The molecular weight excluding hydrogens is 298 g/mol. The van der Waals surface area contributed by atoms with Gasteiger partial charge in [-0.15, -0.1) is 0 Å². The van der Waals surface area contributed by atoms with Crippen molar-refractivity contribution in [2.45, 2.75) is 18.6 Å². The number of alkyl halides is 3. The summed E-state index contributed by atoms with van der Waals surface area (Å²) >= 11 is 0. The Morgan fingerprint density at radius 2 is 1.90 bits per heavy atom. The summed E-state index contributed by atoms with van der Waals surface area (Å²) in [5.74, 6) is -4.10. The van der Waals surface area contributed by atoms with Crippen LogP contribution < -0.4 is 5.32 Å². The summed E-state index contributed by atoms with van der Waals surface area (Å²) in [6.07, 6.45) is -5.29. The van der Waals surface area contributed by atoms with E-state index in [4.69, 9.17) is 10.2 Å². The minimum absolute atomic E-state index is 0.294. The van der Waals surface area contributed by atoms with Crippen molar-refractivity contribution in [3.63, 3.8) is 0 Å². The summed E-state index contributed by atoms with van der Waals surface area (Å²) in [6, 6.07) is 0.113. The van der Waals surface area contributed by atoms with Gasteiger partial charge in [-0.3, -0.25) is 4.79 Å². The number of hydrogen-bond acceptors (Lipinski definition) is 3. The van der Waals surface area contributed by atoms with Gasteiger partial charge in [-0.1, -0.05) is 0 Å². The molecule has 0 saturated heterocycles. The third-order valence-electron chi connectivity index (χ3n) is 2.56. The number of carboxylic acids is 1. The van der Waals surface area contributed by atoms with E-state index in [0.29, 0.717) is 12.1 Å². The lowest BCUT2D eigenvalue weighted by Crippen LogP contribution is -2.41. The topological polar surface area (TPSA) is 86.6 Å². The second kappa shape index (κ2) is 6.53. The van der Waals surface area contributed by atoms with Gasteiger partial charge in [0.25, 0.3) is 5.91 Å². The molecule has 0 radical (unpaired) electrons. The van der Waals surface area contributed by atoms with Crippen LogP contribution in [0.3, 0.4) is 0 Å². The molecule has 1 atom stereocenters. The fourth-order valence-corrected chi connectivity index (χ4v) is 1.51. The first kappa shape index (κ1) is 16.9. The number of amides is 1. The maximum atomic E-state index is 13.1. The van der Waals surface area contributed by atoms with Crippen molar-refractivity contribution in [3.8, 4) is 0 Å². The number of aliphatic hydroxyl groups is 1. The van der Waals surface area contributed by atoms with E-state index >= 15 is 0 Å². The zero-order valence-corrected chi connectivity index (χ0v) is 10.4. The molecule has 0 aliphatic heterocycles. The Kier molecular flexibility index (Phi) is 5.25. The molecule has 9 heteroatoms. The highest BCUT2D eigenvalue weighted by atomic mass is 19.4. The number of carbonyl (C=O) groups excluding carboxylic acids is 1. The van der Waals surface area contributed by atoms with E-state index in [1.165, 1.54) is 0 Å². The van der Waals surface area contributed by atoms with Crippen LogP contribution in [-0.2, 0) is 11.0 Å². The summed E-state index contributed by atoms with van der Waals surface area (Å²) < 4.78 is 50.6. The normalized spacial score (nSPS) is 12.8. The first-order valence-corrected chi connectivity index (χ1v) is 5.68. The summed E-state index contributed by atoms with van der Waals surface area (Å²) in [5.41, 5.74) is -2.16. The Labute approximate surface area is 116 Å². The van der Waals surface area contributed by atoms with Crippen LogP contribution in [0.15, 0.2) is 18.2 Å². The maximum Gasteiger partial charge on any atom is 0.419 e. The molecule has 0 spiro atoms. The first-order valence-electron chi connectivity index (χ1n) is 5.68. The summed E-state index contributed by atoms with van der Waals surface area (Å²) in [5, 5.41) is 19.3. The lowest BCUT2D eigenvalue weighted by molar-refractivity contribution is -0.140. The molecule has 1 rings (SSSR count). The van der Waals surface area contributed by atoms with Crippen molar-refractivity contribution in [1.29, 1.82) is 0 Å². The smallest absolute Gasteiger partial charge is 0.419 e. The van der Waals surface area contributed by atoms with E-state index in [-0.39, 0.29) is 6.42 Å². The van der Waals surface area contributed by atoms with Crippen LogP contribution in [-0.4, -0.2) is 34.7 Å². The Hall–Kier alpha value is -2.16. The van der Waals surface area contributed by atoms with Crippen LogP contribution in [0.25, 0.3) is 0 Å². The van der Waals surface area contributed by atoms with Crippen LogP contribution in [0.2, 0.25) is 0 Å². The highest BCUT2D eigenvalue weighted by Crippen LogP contribution is 2.31. The van der Waals surface area contributed by atoms with Gasteiger partial charge in [-0.2, -0.15) is 13.2 Å². The van der Waals surface area contributed by atoms with Gasteiger partial charge in [-0.25, -0.2) is 9.18 Å². The largest absolute Gasteiger partial charge is 0.480 e. The Balaban J connectivity index is 3.00. The lowest BCUT2D eigenvalue weighted by atomic mass is 10.1. The van der Waals surface area contributed by atoms with E-state index in [0.717, 1.165) is 6.07 Å². The minimum atomic E-state index is -4.97. The third kappa shape index (κ3) is 4.42. The van der Waals surface area contributed by atoms with Crippen LogP contribution >= 0.6 is 0 Å². The van der Waals surface area contributed by atoms with Crippen molar-refractivity contribution in [2.75, 3.05) is 6.61 Å². The van der Waals surface area contributed by atoms with Crippen molar-refractivity contribution in [1.82, 2.24) is 5.32 Å². The second-order valence-corrected chi connectivity index (χ2v) is 4.07. The lowest BCUT2D eigenvalue weighted by Gasteiger charge is -2.14. The van der Waals surface area contributed by atoms with Crippen LogP contribution in [0, 0.1) is 5.82 Å². The molecule has 3 N–H and O–H groups in total. The van der Waals surface area contributed by atoms with Gasteiger partial charge >= 0.3 is 12.1 Å². The van der Waals surface area contributed by atoms with Crippen LogP contribution in [0.5, 0.6) is 0 Å². The summed E-state index contributed by atoms with van der Waals surface area (Å²) in [7, 11) is 0. The Bertz CT molecular complexity index is 545. The molecule has 1 aromatic carbocycles. The molecule has 1 aromatic rings. The van der Waals surface area contributed by atoms with Crippen LogP contribution in [0.1, 0.15) is 22.3 Å². The van der Waals surface area contributed by atoms with E-state index in [1.54, 1.807) is 0 Å². The molecule has 1 amide bonds. The number of rotatable bonds is 5. The fraction of sp³-hybridized carbons (Fsp3) is 0.333. The molecule has 0 bridgehead atoms. The average Bonchev–Trinajstić information content (AvgIpc) is 2.37. The zero-order valence-electron chi connectivity index (χ0n) is 10.4. The minimum Gasteiger partial charge on any atom is -0.480 e. The van der Waals surface area contributed by atoms with Gasteiger partial charge < -0.3 is 15.5 Å². The van der Waals surface area contributed by atoms with E-state index in [1.807, 2.05) is 5.32 Å². The van der Waals surface area contributed by atoms with Gasteiger partial charge in [0.1, 0.15) is 11.9 Å². The fourth-order valence-electron chi connectivity index (χ4n) is 1.51. The number of aliphatic carboxylic acids is 1. The number of nitrogens with one attached hydrogen (secondary N) is 1. The number of hydrogen-bond donors (Lipinski definition) is 3. The van der Waals surface area contributed by atoms with E-state index < -0.39 is 47.6 Å². The number of benzene rings is 1. The van der Waals surface area contributed by atoms with Gasteiger partial charge in [0, 0.05) is 18.6 Å². The maximum absolute atomic E-state index is 13.1. The van der Waals surface area contributed by atoms with Crippen molar-refractivity contribution < 1.29 is 37.4 Å². The van der Waals surface area contributed by atoms with Crippen molar-refractivity contribution >= 4 is 11.9 Å². The van der Waals surface area contributed by atoms with Gasteiger partial charge in [-0.05, 0) is 18.2 Å². The monoisotopic (exact) mass is 309 g/mol. The molecule has 0 aliphatic rings. The quantitative estimate of drug-likeness (QED) is 0.718. The van der Waals surface area contributed by atoms with Crippen molar-refractivity contribution in [2.24, 2.45) is 0 Å². The van der Waals surface area contributed by atoms with Gasteiger partial charge in [0.05, 0.1) is 5.56 Å². The highest BCUT2D eigenvalue weighted by molar-refractivity contribution is 5.96.